The number of primary sulfonamides is 1. The fraction of sp³-hybridized carbons (Fsp3) is 0.333. The zero-order chi connectivity index (χ0) is 21.6. The number of halogens is 1. The molecule has 0 saturated carbocycles. The van der Waals surface area contributed by atoms with E-state index in [0.29, 0.717) is 11.4 Å². The van der Waals surface area contributed by atoms with Gasteiger partial charge in [-0.25, -0.2) is 13.6 Å². The molecule has 0 atom stereocenters. The van der Waals surface area contributed by atoms with E-state index in [1.54, 1.807) is 6.07 Å². The van der Waals surface area contributed by atoms with E-state index in [-0.39, 0.29) is 10.3 Å². The summed E-state index contributed by atoms with van der Waals surface area (Å²) in [7, 11) is -2.01. The van der Waals surface area contributed by atoms with Crippen molar-refractivity contribution in [3.8, 4) is 22.5 Å². The van der Waals surface area contributed by atoms with Crippen LogP contribution in [-0.2, 0) is 28.9 Å². The highest BCUT2D eigenvalue weighted by Gasteiger charge is 2.24. The minimum atomic E-state index is -3.93. The summed E-state index contributed by atoms with van der Waals surface area (Å²) in [5.41, 5.74) is 2.84. The largest absolute Gasteiger partial charge is 0.314 e. The van der Waals surface area contributed by atoms with Gasteiger partial charge in [0.2, 0.25) is 10.0 Å². The molecule has 0 saturated heterocycles. The zero-order valence-corrected chi connectivity index (χ0v) is 20.2. The third-order valence-corrected chi connectivity index (χ3v) is 6.57. The van der Waals surface area contributed by atoms with E-state index < -0.39 is 10.0 Å². The summed E-state index contributed by atoms with van der Waals surface area (Å²) >= 11 is 2.24. The predicted molar refractivity (Wildman–Crippen MR) is 124 cm³/mol. The molecule has 6 nitrogen and oxygen atoms in total. The summed E-state index contributed by atoms with van der Waals surface area (Å²) in [6.07, 6.45) is 0.755. The molecule has 1 heterocycles. The van der Waals surface area contributed by atoms with E-state index in [0.717, 1.165) is 32.5 Å². The predicted octanol–water partition coefficient (Wildman–Crippen LogP) is 4.26. The van der Waals surface area contributed by atoms with Gasteiger partial charge in [0, 0.05) is 28.2 Å². The van der Waals surface area contributed by atoms with E-state index in [1.165, 1.54) is 0 Å². The van der Waals surface area contributed by atoms with Gasteiger partial charge in [-0.1, -0.05) is 45.9 Å². The van der Waals surface area contributed by atoms with Crippen LogP contribution in [0.5, 0.6) is 0 Å². The van der Waals surface area contributed by atoms with Crippen molar-refractivity contribution in [2.75, 3.05) is 0 Å². The number of rotatable bonds is 4. The summed E-state index contributed by atoms with van der Waals surface area (Å²) < 4.78 is 27.9. The molecule has 154 valence electrons. The Bertz CT molecular complexity index is 1180. The summed E-state index contributed by atoms with van der Waals surface area (Å²) in [5, 5.41) is 14.2. The first-order valence-electron chi connectivity index (χ1n) is 9.29. The maximum absolute atomic E-state index is 12.5. The Labute approximate surface area is 185 Å². The third-order valence-electron chi connectivity index (χ3n) is 4.95. The third kappa shape index (κ3) is 4.39. The Hall–Kier alpha value is -1.78. The number of aromatic nitrogens is 3. The number of benzene rings is 2. The van der Waals surface area contributed by atoms with Gasteiger partial charge in [0.15, 0.2) is 5.82 Å². The molecule has 0 fully saturated rings. The molecule has 0 aliphatic carbocycles. The quantitative estimate of drug-likeness (QED) is 0.517. The average Bonchev–Trinajstić information content (AvgIpc) is 3.00. The number of hydrogen-bond donors (Lipinski definition) is 1. The first kappa shape index (κ1) is 21.9. The lowest BCUT2D eigenvalue weighted by molar-refractivity contribution is 0.584. The molecule has 3 aromatic rings. The highest BCUT2D eigenvalue weighted by molar-refractivity contribution is 14.1. The molecule has 0 aliphatic rings. The fourth-order valence-corrected chi connectivity index (χ4v) is 4.55. The number of nitrogens with two attached hydrogens (primary N) is 1. The molecule has 3 rings (SSSR count). The standard InChI is InChI=1S/C21H25IN4O2S/c1-6-19-24-25-20(26(19)5)17-12-14(22)8-10-15(17)16-9-7-13(21(2,3)4)11-18(16)29(23,27)28/h7-12H,6H2,1-5H3,(H2,23,27,28). The zero-order valence-electron chi connectivity index (χ0n) is 17.2. The van der Waals surface area contributed by atoms with Crippen LogP contribution in [-0.4, -0.2) is 23.2 Å². The highest BCUT2D eigenvalue weighted by atomic mass is 127. The SMILES string of the molecule is CCc1nnc(-c2cc(I)ccc2-c2ccc(C(C)(C)C)cc2S(N)(=O)=O)n1C. The fourth-order valence-electron chi connectivity index (χ4n) is 3.29. The number of hydrogen-bond acceptors (Lipinski definition) is 4. The summed E-state index contributed by atoms with van der Waals surface area (Å²) in [4.78, 5) is 0.116. The van der Waals surface area contributed by atoms with Crippen molar-refractivity contribution in [1.82, 2.24) is 14.8 Å². The van der Waals surface area contributed by atoms with E-state index in [4.69, 9.17) is 5.14 Å². The van der Waals surface area contributed by atoms with Gasteiger partial charge in [-0.15, -0.1) is 10.2 Å². The Morgan fingerprint density at radius 3 is 2.24 bits per heavy atom. The van der Waals surface area contributed by atoms with Gasteiger partial charge in [0.25, 0.3) is 0 Å². The smallest absolute Gasteiger partial charge is 0.238 e. The molecule has 2 N–H and O–H groups in total. The second-order valence-corrected chi connectivity index (χ2v) is 10.8. The van der Waals surface area contributed by atoms with Crippen molar-refractivity contribution in [2.24, 2.45) is 12.2 Å². The maximum Gasteiger partial charge on any atom is 0.238 e. The van der Waals surface area contributed by atoms with Crippen molar-refractivity contribution in [3.63, 3.8) is 0 Å². The molecule has 29 heavy (non-hydrogen) atoms. The van der Waals surface area contributed by atoms with Crippen molar-refractivity contribution in [3.05, 3.63) is 51.4 Å². The van der Waals surface area contributed by atoms with Crippen molar-refractivity contribution in [2.45, 2.75) is 44.4 Å². The van der Waals surface area contributed by atoms with Crippen LogP contribution in [0.4, 0.5) is 0 Å². The Morgan fingerprint density at radius 2 is 1.69 bits per heavy atom. The maximum atomic E-state index is 12.5. The van der Waals surface area contributed by atoms with Gasteiger partial charge in [0.1, 0.15) is 5.82 Å². The van der Waals surface area contributed by atoms with Crippen molar-refractivity contribution < 1.29 is 8.42 Å². The van der Waals surface area contributed by atoms with Crippen LogP contribution in [0.1, 0.15) is 39.1 Å². The first-order chi connectivity index (χ1) is 13.4. The van der Waals surface area contributed by atoms with E-state index in [1.807, 2.05) is 69.6 Å². The minimum Gasteiger partial charge on any atom is -0.314 e. The summed E-state index contributed by atoms with van der Waals surface area (Å²) in [6.45, 7) is 8.14. The molecule has 0 unspecified atom stereocenters. The van der Waals surface area contributed by atoms with Crippen molar-refractivity contribution in [1.29, 1.82) is 0 Å². The van der Waals surface area contributed by atoms with Crippen molar-refractivity contribution >= 4 is 32.6 Å². The lowest BCUT2D eigenvalue weighted by Gasteiger charge is -2.21. The molecule has 2 aromatic carbocycles. The van der Waals surface area contributed by atoms with E-state index in [9.17, 15) is 8.42 Å². The number of sulfonamides is 1. The van der Waals surface area contributed by atoms with Gasteiger partial charge in [-0.05, 0) is 57.3 Å². The average molecular weight is 524 g/mol. The normalized spacial score (nSPS) is 12.4. The van der Waals surface area contributed by atoms with E-state index in [2.05, 4.69) is 32.8 Å². The van der Waals surface area contributed by atoms with Crippen LogP contribution >= 0.6 is 22.6 Å². The minimum absolute atomic E-state index is 0.116. The first-order valence-corrected chi connectivity index (χ1v) is 11.9. The Balaban J connectivity index is 2.34. The molecule has 8 heteroatoms. The van der Waals surface area contributed by atoms with Crippen LogP contribution in [0.15, 0.2) is 41.3 Å². The van der Waals surface area contributed by atoms with Crippen LogP contribution in [0.2, 0.25) is 0 Å². The highest BCUT2D eigenvalue weighted by Crippen LogP contribution is 2.37. The van der Waals surface area contributed by atoms with Gasteiger partial charge in [-0.2, -0.15) is 0 Å². The molecular formula is C21H25IN4O2S. The Kier molecular flexibility index (Phi) is 5.90. The lowest BCUT2D eigenvalue weighted by atomic mass is 9.86. The number of nitrogens with zero attached hydrogens (tertiary/aromatic N) is 3. The Morgan fingerprint density at radius 1 is 1.03 bits per heavy atom. The van der Waals surface area contributed by atoms with Crippen LogP contribution in [0.25, 0.3) is 22.5 Å². The second kappa shape index (κ2) is 7.81. The monoisotopic (exact) mass is 524 g/mol. The molecule has 1 aromatic heterocycles. The lowest BCUT2D eigenvalue weighted by Crippen LogP contribution is -2.17. The van der Waals surface area contributed by atoms with E-state index >= 15 is 0 Å². The van der Waals surface area contributed by atoms with Gasteiger partial charge in [-0.3, -0.25) is 0 Å². The molecule has 0 spiro atoms. The van der Waals surface area contributed by atoms with Gasteiger partial charge < -0.3 is 4.57 Å². The van der Waals surface area contributed by atoms with Crippen LogP contribution < -0.4 is 5.14 Å². The second-order valence-electron chi connectivity index (χ2n) is 8.05. The van der Waals surface area contributed by atoms with Crippen LogP contribution in [0, 0.1) is 3.57 Å². The topological polar surface area (TPSA) is 90.9 Å². The molecule has 0 aliphatic heterocycles. The molecular weight excluding hydrogens is 499 g/mol. The molecule has 0 bridgehead atoms. The van der Waals surface area contributed by atoms with Gasteiger partial charge >= 0.3 is 0 Å². The summed E-state index contributed by atoms with van der Waals surface area (Å²) in [6, 6.07) is 11.3. The summed E-state index contributed by atoms with van der Waals surface area (Å²) in [5.74, 6) is 1.55. The van der Waals surface area contributed by atoms with Gasteiger partial charge in [0.05, 0.1) is 4.90 Å². The van der Waals surface area contributed by atoms with Crippen LogP contribution in [0.3, 0.4) is 0 Å². The molecule has 0 amide bonds. The molecule has 0 radical (unpaired) electrons. The number of aryl methyl sites for hydroxylation is 1.